The summed E-state index contributed by atoms with van der Waals surface area (Å²) in [6, 6.07) is 1.54. The molecule has 19 heavy (non-hydrogen) atoms. The van der Waals surface area contributed by atoms with Crippen molar-refractivity contribution in [2.75, 3.05) is 6.79 Å². The van der Waals surface area contributed by atoms with Gasteiger partial charge in [-0.25, -0.2) is 9.18 Å². The van der Waals surface area contributed by atoms with E-state index in [4.69, 9.17) is 9.47 Å². The van der Waals surface area contributed by atoms with Gasteiger partial charge in [-0.05, 0) is 28.8 Å². The summed E-state index contributed by atoms with van der Waals surface area (Å²) in [5.41, 5.74) is -0.553. The molecule has 1 fully saturated rings. The minimum absolute atomic E-state index is 0.0547. The molecule has 1 heterocycles. The number of halogens is 2. The molecule has 0 atom stereocenters. The normalized spacial score (nSPS) is 19.3. The van der Waals surface area contributed by atoms with Crippen LogP contribution in [0.1, 0.15) is 31.2 Å². The van der Waals surface area contributed by atoms with E-state index in [1.54, 1.807) is 6.08 Å². The summed E-state index contributed by atoms with van der Waals surface area (Å²) in [6.07, 6.45) is 4.61. The maximum atomic E-state index is 14.5. The summed E-state index contributed by atoms with van der Waals surface area (Å²) in [5.74, 6) is 0.405. The molecule has 1 aromatic carbocycles. The summed E-state index contributed by atoms with van der Waals surface area (Å²) in [4.78, 5) is 14.6. The van der Waals surface area contributed by atoms with E-state index in [0.717, 1.165) is 12.8 Å². The monoisotopic (exact) mass is 327 g/mol. The predicted octanol–water partition coefficient (Wildman–Crippen LogP) is 3.42. The third-order valence-electron chi connectivity index (χ3n) is 3.71. The van der Waals surface area contributed by atoms with Crippen molar-refractivity contribution in [2.24, 2.45) is 4.99 Å². The first-order chi connectivity index (χ1) is 9.18. The Balaban J connectivity index is 2.26. The molecule has 0 bridgehead atoms. The smallest absolute Gasteiger partial charge is 0.235 e. The molecule has 0 amide bonds. The molecule has 100 valence electrons. The predicted molar refractivity (Wildman–Crippen MR) is 68.5 cm³/mol. The van der Waals surface area contributed by atoms with Crippen molar-refractivity contribution in [3.05, 3.63) is 21.9 Å². The molecule has 1 aliphatic carbocycles. The molecule has 1 saturated carbocycles. The molecule has 1 aromatic rings. The van der Waals surface area contributed by atoms with Crippen LogP contribution in [0.3, 0.4) is 0 Å². The molecule has 0 spiro atoms. The fourth-order valence-electron chi connectivity index (χ4n) is 2.87. The Hall–Kier alpha value is -1.39. The average molecular weight is 328 g/mol. The van der Waals surface area contributed by atoms with E-state index in [-0.39, 0.29) is 6.79 Å². The first-order valence-electron chi connectivity index (χ1n) is 6.05. The van der Waals surface area contributed by atoms with Crippen LogP contribution in [-0.4, -0.2) is 12.9 Å². The Bertz CT molecular complexity index is 578. The van der Waals surface area contributed by atoms with Gasteiger partial charge in [0.05, 0.1) is 10.0 Å². The lowest BCUT2D eigenvalue weighted by Crippen LogP contribution is -2.21. The SMILES string of the molecule is O=C=NC1(c2c(F)c(Br)cc3c2OCO3)CCCC1. The summed E-state index contributed by atoms with van der Waals surface area (Å²) >= 11 is 3.17. The van der Waals surface area contributed by atoms with Crippen LogP contribution in [0.2, 0.25) is 0 Å². The Morgan fingerprint density at radius 3 is 2.79 bits per heavy atom. The van der Waals surface area contributed by atoms with Gasteiger partial charge in [0.1, 0.15) is 11.4 Å². The van der Waals surface area contributed by atoms with Crippen LogP contribution in [0.5, 0.6) is 11.5 Å². The molecule has 1 aliphatic heterocycles. The highest BCUT2D eigenvalue weighted by Crippen LogP contribution is 2.52. The quantitative estimate of drug-likeness (QED) is 0.617. The summed E-state index contributed by atoms with van der Waals surface area (Å²) in [7, 11) is 0. The van der Waals surface area contributed by atoms with Crippen molar-refractivity contribution >= 4 is 22.0 Å². The second-order valence-electron chi connectivity index (χ2n) is 4.72. The highest BCUT2D eigenvalue weighted by atomic mass is 79.9. The van der Waals surface area contributed by atoms with Crippen LogP contribution in [0, 0.1) is 5.82 Å². The van der Waals surface area contributed by atoms with Crippen molar-refractivity contribution < 1.29 is 18.7 Å². The molecule has 0 N–H and O–H groups in total. The summed E-state index contributed by atoms with van der Waals surface area (Å²) in [6.45, 7) is 0.0547. The summed E-state index contributed by atoms with van der Waals surface area (Å²) < 4.78 is 25.5. The number of rotatable bonds is 2. The Kier molecular flexibility index (Phi) is 3.07. The number of hydrogen-bond donors (Lipinski definition) is 0. The fourth-order valence-corrected chi connectivity index (χ4v) is 3.28. The van der Waals surface area contributed by atoms with Crippen LogP contribution in [0.4, 0.5) is 4.39 Å². The number of nitrogens with zero attached hydrogens (tertiary/aromatic N) is 1. The van der Waals surface area contributed by atoms with Gasteiger partial charge in [-0.2, -0.15) is 4.99 Å². The third kappa shape index (κ3) is 1.86. The van der Waals surface area contributed by atoms with Crippen molar-refractivity contribution in [1.82, 2.24) is 0 Å². The van der Waals surface area contributed by atoms with Gasteiger partial charge in [0, 0.05) is 6.07 Å². The molecule has 0 aromatic heterocycles. The van der Waals surface area contributed by atoms with Gasteiger partial charge < -0.3 is 9.47 Å². The van der Waals surface area contributed by atoms with Gasteiger partial charge in [0.2, 0.25) is 12.9 Å². The lowest BCUT2D eigenvalue weighted by atomic mass is 9.87. The van der Waals surface area contributed by atoms with Gasteiger partial charge in [0.15, 0.2) is 11.5 Å². The van der Waals surface area contributed by atoms with Crippen molar-refractivity contribution in [2.45, 2.75) is 31.2 Å². The standard InChI is InChI=1S/C13H11BrFNO3/c14-8-5-9-12(19-7-18-9)10(11(8)15)13(16-6-17)3-1-2-4-13/h5H,1-4,7H2. The number of benzene rings is 1. The van der Waals surface area contributed by atoms with E-state index in [1.165, 1.54) is 6.07 Å². The van der Waals surface area contributed by atoms with Crippen LogP contribution >= 0.6 is 15.9 Å². The van der Waals surface area contributed by atoms with Gasteiger partial charge in [-0.3, -0.25) is 0 Å². The molecule has 0 radical (unpaired) electrons. The van der Waals surface area contributed by atoms with Crippen LogP contribution < -0.4 is 9.47 Å². The van der Waals surface area contributed by atoms with E-state index in [2.05, 4.69) is 20.9 Å². The molecular formula is C13H11BrFNO3. The van der Waals surface area contributed by atoms with Gasteiger partial charge in [0.25, 0.3) is 0 Å². The van der Waals surface area contributed by atoms with E-state index in [0.29, 0.717) is 34.4 Å². The second kappa shape index (κ2) is 4.62. The third-order valence-corrected chi connectivity index (χ3v) is 4.29. The number of ether oxygens (including phenoxy) is 2. The number of aliphatic imine (C=N–C) groups is 1. The van der Waals surface area contributed by atoms with Gasteiger partial charge in [-0.15, -0.1) is 0 Å². The minimum atomic E-state index is -0.868. The van der Waals surface area contributed by atoms with Crippen LogP contribution in [0.15, 0.2) is 15.5 Å². The number of hydrogen-bond acceptors (Lipinski definition) is 4. The first-order valence-corrected chi connectivity index (χ1v) is 6.84. The molecule has 6 heteroatoms. The molecular weight excluding hydrogens is 317 g/mol. The molecule has 3 rings (SSSR count). The zero-order chi connectivity index (χ0) is 13.5. The van der Waals surface area contributed by atoms with E-state index in [9.17, 15) is 9.18 Å². The fraction of sp³-hybridized carbons (Fsp3) is 0.462. The minimum Gasteiger partial charge on any atom is -0.454 e. The lowest BCUT2D eigenvalue weighted by molar-refractivity contribution is 0.171. The van der Waals surface area contributed by atoms with Gasteiger partial charge >= 0.3 is 0 Å². The molecule has 0 unspecified atom stereocenters. The van der Waals surface area contributed by atoms with Crippen LogP contribution in [-0.2, 0) is 10.3 Å². The zero-order valence-electron chi connectivity index (χ0n) is 10.0. The van der Waals surface area contributed by atoms with E-state index >= 15 is 0 Å². The topological polar surface area (TPSA) is 47.9 Å². The second-order valence-corrected chi connectivity index (χ2v) is 5.58. The zero-order valence-corrected chi connectivity index (χ0v) is 11.6. The molecule has 4 nitrogen and oxygen atoms in total. The summed E-state index contributed by atoms with van der Waals surface area (Å²) in [5, 5.41) is 0. The van der Waals surface area contributed by atoms with Crippen molar-refractivity contribution in [1.29, 1.82) is 0 Å². The highest BCUT2D eigenvalue weighted by Gasteiger charge is 2.43. The maximum Gasteiger partial charge on any atom is 0.235 e. The highest BCUT2D eigenvalue weighted by molar-refractivity contribution is 9.10. The number of fused-ring (bicyclic) bond motifs is 1. The average Bonchev–Trinajstić information content (AvgIpc) is 3.01. The van der Waals surface area contributed by atoms with Gasteiger partial charge in [-0.1, -0.05) is 12.8 Å². The molecule has 2 aliphatic rings. The van der Waals surface area contributed by atoms with E-state index in [1.807, 2.05) is 0 Å². The number of carbonyl (C=O) groups excluding carboxylic acids is 1. The lowest BCUT2D eigenvalue weighted by Gasteiger charge is -2.25. The van der Waals surface area contributed by atoms with Crippen molar-refractivity contribution in [3.63, 3.8) is 0 Å². The van der Waals surface area contributed by atoms with E-state index < -0.39 is 11.4 Å². The Morgan fingerprint density at radius 2 is 2.11 bits per heavy atom. The van der Waals surface area contributed by atoms with Crippen LogP contribution in [0.25, 0.3) is 0 Å². The number of isocyanates is 1. The van der Waals surface area contributed by atoms with Crippen molar-refractivity contribution in [3.8, 4) is 11.5 Å². The Labute approximate surface area is 117 Å². The molecule has 0 saturated heterocycles. The largest absolute Gasteiger partial charge is 0.454 e. The first kappa shape index (κ1) is 12.6. The maximum absolute atomic E-state index is 14.5. The Morgan fingerprint density at radius 1 is 1.37 bits per heavy atom.